The minimum absolute atomic E-state index is 0.126. The number of nitrogens with one attached hydrogen (secondary N) is 1. The molecule has 8 heteroatoms. The molecule has 2 aromatic rings. The molecule has 1 spiro atoms. The summed E-state index contributed by atoms with van der Waals surface area (Å²) in [5, 5.41) is 11.2. The van der Waals surface area contributed by atoms with Crippen LogP contribution in [0.25, 0.3) is 11.0 Å². The van der Waals surface area contributed by atoms with Crippen LogP contribution in [0, 0.1) is 16.7 Å². The predicted octanol–water partition coefficient (Wildman–Crippen LogP) is 4.24. The number of hydrogen-bond donors (Lipinski definition) is 2. The second-order valence-corrected chi connectivity index (χ2v) is 11.1. The van der Waals surface area contributed by atoms with E-state index in [2.05, 4.69) is 30.7 Å². The van der Waals surface area contributed by atoms with Gasteiger partial charge in [-0.15, -0.1) is 0 Å². The van der Waals surface area contributed by atoms with E-state index < -0.39 is 11.0 Å². The van der Waals surface area contributed by atoms with Gasteiger partial charge in [-0.05, 0) is 66.5 Å². The third-order valence-corrected chi connectivity index (χ3v) is 8.42. The number of piperidine rings is 1. The summed E-state index contributed by atoms with van der Waals surface area (Å²) in [4.78, 5) is 9.10. The number of rotatable bonds is 5. The van der Waals surface area contributed by atoms with Crippen molar-refractivity contribution in [3.8, 4) is 5.75 Å². The molecule has 0 bridgehead atoms. The second-order valence-electron chi connectivity index (χ2n) is 11.1. The molecule has 3 aliphatic rings. The Bertz CT molecular complexity index is 1120. The first kappa shape index (κ1) is 23.7. The highest BCUT2D eigenvalue weighted by Gasteiger charge is 2.60. The highest BCUT2D eigenvalue weighted by molar-refractivity contribution is 6.40. The number of nitrogens with zero attached hydrogens (tertiary/aromatic N) is 2. The van der Waals surface area contributed by atoms with E-state index in [1.54, 1.807) is 11.1 Å². The van der Waals surface area contributed by atoms with E-state index in [1.807, 2.05) is 30.5 Å². The third-order valence-electron chi connectivity index (χ3n) is 8.42. The van der Waals surface area contributed by atoms with E-state index in [0.717, 1.165) is 48.9 Å². The van der Waals surface area contributed by atoms with Gasteiger partial charge >= 0.3 is 0 Å². The van der Waals surface area contributed by atoms with Gasteiger partial charge in [0.2, 0.25) is 0 Å². The fourth-order valence-corrected chi connectivity index (χ4v) is 6.89. The van der Waals surface area contributed by atoms with Gasteiger partial charge in [0.25, 0.3) is 0 Å². The van der Waals surface area contributed by atoms with Gasteiger partial charge in [0.15, 0.2) is 0 Å². The lowest BCUT2D eigenvalue weighted by Gasteiger charge is -2.68. The summed E-state index contributed by atoms with van der Waals surface area (Å²) >= 11 is 0. The number of ether oxygens (including phenoxy) is 1. The van der Waals surface area contributed by atoms with Crippen LogP contribution in [-0.4, -0.2) is 54.5 Å². The Balaban J connectivity index is 1.40. The van der Waals surface area contributed by atoms with Crippen LogP contribution in [0.5, 0.6) is 5.75 Å². The molecule has 0 amide bonds. The van der Waals surface area contributed by atoms with E-state index in [1.165, 1.54) is 0 Å². The zero-order valence-electron chi connectivity index (χ0n) is 20.5. The Kier molecular flexibility index (Phi) is 5.55. The minimum atomic E-state index is -1.64. The topological polar surface area (TPSA) is 61.4 Å². The summed E-state index contributed by atoms with van der Waals surface area (Å²) in [6.07, 6.45) is 13.5. The molecule has 2 aromatic heterocycles. The van der Waals surface area contributed by atoms with Gasteiger partial charge in [-0.3, -0.25) is 0 Å². The SMILES string of the molecule is [B]C1([B])CC2(CC(CC)(CC)C2)CC([B])(O)N1C1=CCC(C)C(Oc2cnc3[nH]ccc3c2)=C1. The van der Waals surface area contributed by atoms with Crippen molar-refractivity contribution in [2.75, 3.05) is 0 Å². The fraction of sp³-hybridized carbons (Fsp3) is 0.577. The van der Waals surface area contributed by atoms with Crippen LogP contribution in [0.2, 0.25) is 0 Å². The molecule has 1 saturated carbocycles. The van der Waals surface area contributed by atoms with Crippen LogP contribution in [0.3, 0.4) is 0 Å². The first-order valence-electron chi connectivity index (χ1n) is 12.4. The monoisotopic (exact) mass is 451 g/mol. The third kappa shape index (κ3) is 3.92. The van der Waals surface area contributed by atoms with Crippen molar-refractivity contribution in [1.82, 2.24) is 14.9 Å². The van der Waals surface area contributed by atoms with Crippen LogP contribution in [-0.2, 0) is 0 Å². The summed E-state index contributed by atoms with van der Waals surface area (Å²) in [6.45, 7) is 6.58. The van der Waals surface area contributed by atoms with Gasteiger partial charge in [-0.2, -0.15) is 0 Å². The van der Waals surface area contributed by atoms with Gasteiger partial charge in [-0.1, -0.05) is 39.7 Å². The molecule has 5 rings (SSSR count). The Morgan fingerprint density at radius 1 is 1.18 bits per heavy atom. The average Bonchev–Trinajstić information content (AvgIpc) is 3.20. The molecule has 5 nitrogen and oxygen atoms in total. The maximum absolute atomic E-state index is 11.5. The lowest BCUT2D eigenvalue weighted by molar-refractivity contribution is -0.172. The van der Waals surface area contributed by atoms with Gasteiger partial charge in [-0.25, -0.2) is 4.98 Å². The van der Waals surface area contributed by atoms with Gasteiger partial charge in [0, 0.05) is 23.2 Å². The van der Waals surface area contributed by atoms with Crippen LogP contribution >= 0.6 is 0 Å². The van der Waals surface area contributed by atoms with E-state index in [9.17, 15) is 5.11 Å². The number of H-pyrrole nitrogens is 1. The molecular weight excluding hydrogens is 419 g/mol. The molecule has 2 N–H and O–H groups in total. The van der Waals surface area contributed by atoms with Crippen molar-refractivity contribution in [3.63, 3.8) is 0 Å². The zero-order chi connectivity index (χ0) is 24.4. The number of aliphatic hydroxyl groups is 1. The molecule has 0 aromatic carbocycles. The Morgan fingerprint density at radius 3 is 2.59 bits per heavy atom. The lowest BCUT2D eigenvalue weighted by atomic mass is 9.39. The first-order chi connectivity index (χ1) is 16.0. The minimum Gasteiger partial charge on any atom is -0.460 e. The number of allylic oxidation sites excluding steroid dienone is 3. The van der Waals surface area contributed by atoms with E-state index in [0.29, 0.717) is 29.7 Å². The van der Waals surface area contributed by atoms with E-state index >= 15 is 0 Å². The van der Waals surface area contributed by atoms with Gasteiger partial charge in [0.05, 0.1) is 27.5 Å². The van der Waals surface area contributed by atoms with Crippen LogP contribution in [0.1, 0.15) is 65.7 Å². The maximum Gasteiger partial charge on any atom is 0.145 e. The Morgan fingerprint density at radius 2 is 1.91 bits per heavy atom. The zero-order valence-corrected chi connectivity index (χ0v) is 20.5. The quantitative estimate of drug-likeness (QED) is 0.669. The predicted molar refractivity (Wildman–Crippen MR) is 137 cm³/mol. The number of fused-ring (bicyclic) bond motifs is 1. The Hall–Kier alpha value is -2.08. The number of aromatic amines is 1. The standard InChI is InChI=1S/C26H32B3N3O2/c1-4-23(5-2)13-24(14-23)15-25(27,28)32(26(29,33)16-24)19-7-6-17(3)21(11-19)34-20-10-18-8-9-30-22(18)31-12-20/h7-12,17,33H,4-6,13-16H2,1-3H3,(H,30,31). The molecule has 2 unspecified atom stereocenters. The van der Waals surface area contributed by atoms with Crippen molar-refractivity contribution in [2.45, 2.75) is 76.7 Å². The molecule has 1 aliphatic heterocycles. The van der Waals surface area contributed by atoms with E-state index in [-0.39, 0.29) is 11.3 Å². The summed E-state index contributed by atoms with van der Waals surface area (Å²) in [5.41, 5.74) is 0.0540. The fourth-order valence-electron chi connectivity index (χ4n) is 6.89. The number of hydrogen-bond acceptors (Lipinski definition) is 4. The number of pyridine rings is 1. The van der Waals surface area contributed by atoms with E-state index in [4.69, 9.17) is 28.3 Å². The molecule has 6 radical (unpaired) electrons. The summed E-state index contributed by atoms with van der Waals surface area (Å²) in [6, 6.07) is 3.91. The van der Waals surface area contributed by atoms with Crippen molar-refractivity contribution >= 4 is 34.6 Å². The largest absolute Gasteiger partial charge is 0.460 e. The van der Waals surface area contributed by atoms with Crippen molar-refractivity contribution in [1.29, 1.82) is 0 Å². The molecule has 1 saturated heterocycles. The summed E-state index contributed by atoms with van der Waals surface area (Å²) in [7, 11) is 20.0. The summed E-state index contributed by atoms with van der Waals surface area (Å²) < 4.78 is 6.25. The molecule has 3 heterocycles. The van der Waals surface area contributed by atoms with Crippen molar-refractivity contribution in [2.24, 2.45) is 16.7 Å². The number of aromatic nitrogens is 2. The van der Waals surface area contributed by atoms with Gasteiger partial charge < -0.3 is 19.7 Å². The molecule has 34 heavy (non-hydrogen) atoms. The van der Waals surface area contributed by atoms with Crippen molar-refractivity contribution < 1.29 is 9.84 Å². The highest BCUT2D eigenvalue weighted by atomic mass is 16.5. The molecular formula is C26H32B3N3O2. The van der Waals surface area contributed by atoms with Crippen LogP contribution in [0.15, 0.2) is 48.1 Å². The lowest BCUT2D eigenvalue weighted by Crippen LogP contribution is -2.71. The highest BCUT2D eigenvalue weighted by Crippen LogP contribution is 2.66. The van der Waals surface area contributed by atoms with Crippen molar-refractivity contribution in [3.05, 3.63) is 48.1 Å². The summed E-state index contributed by atoms with van der Waals surface area (Å²) in [5.74, 6) is 1.57. The Labute approximate surface area is 206 Å². The first-order valence-corrected chi connectivity index (χ1v) is 12.4. The average molecular weight is 451 g/mol. The normalized spacial score (nSPS) is 29.4. The molecule has 2 aliphatic carbocycles. The smallest absolute Gasteiger partial charge is 0.145 e. The molecule has 2 fully saturated rings. The molecule has 172 valence electrons. The molecule has 2 atom stereocenters. The van der Waals surface area contributed by atoms with Crippen LogP contribution < -0.4 is 4.74 Å². The van der Waals surface area contributed by atoms with Crippen LogP contribution in [0.4, 0.5) is 0 Å². The number of likely N-dealkylation sites (tertiary alicyclic amines) is 1. The van der Waals surface area contributed by atoms with Gasteiger partial charge in [0.1, 0.15) is 25.0 Å². The maximum atomic E-state index is 11.5. The second kappa shape index (κ2) is 7.98.